The summed E-state index contributed by atoms with van der Waals surface area (Å²) in [5.41, 5.74) is 0.890. The van der Waals surface area contributed by atoms with Gasteiger partial charge in [0.1, 0.15) is 5.75 Å². The molecule has 1 amide bonds. The zero-order chi connectivity index (χ0) is 13.0. The summed E-state index contributed by atoms with van der Waals surface area (Å²) >= 11 is 5.99. The Kier molecular flexibility index (Phi) is 3.89. The van der Waals surface area contributed by atoms with Crippen LogP contribution in [0.25, 0.3) is 0 Å². The van der Waals surface area contributed by atoms with Crippen LogP contribution in [0.3, 0.4) is 0 Å². The first kappa shape index (κ1) is 12.5. The molecule has 0 saturated heterocycles. The second kappa shape index (κ2) is 5.60. The molecule has 0 spiro atoms. The smallest absolute Gasteiger partial charge is 0.287 e. The molecule has 0 aliphatic carbocycles. The summed E-state index contributed by atoms with van der Waals surface area (Å²) in [4.78, 5) is 11.6. The van der Waals surface area contributed by atoms with Gasteiger partial charge in [-0.1, -0.05) is 17.7 Å². The summed E-state index contributed by atoms with van der Waals surface area (Å²) in [5.74, 6) is 0.638. The van der Waals surface area contributed by atoms with Gasteiger partial charge in [-0.25, -0.2) is 0 Å². The molecule has 2 aromatic rings. The van der Waals surface area contributed by atoms with Gasteiger partial charge in [0.25, 0.3) is 5.91 Å². The third-order valence-corrected chi connectivity index (χ3v) is 2.71. The predicted molar refractivity (Wildman–Crippen MR) is 67.9 cm³/mol. The normalized spacial score (nSPS) is 10.1. The van der Waals surface area contributed by atoms with E-state index in [1.54, 1.807) is 31.4 Å². The first-order valence-corrected chi connectivity index (χ1v) is 5.72. The molecule has 0 aliphatic rings. The van der Waals surface area contributed by atoms with Crippen molar-refractivity contribution in [1.29, 1.82) is 0 Å². The number of amides is 1. The molecule has 0 atom stereocenters. The molecule has 0 radical (unpaired) electrons. The minimum atomic E-state index is -0.257. The van der Waals surface area contributed by atoms with E-state index in [1.165, 1.54) is 6.26 Å². The van der Waals surface area contributed by atoms with Crippen LogP contribution >= 0.6 is 11.6 Å². The number of benzene rings is 1. The Labute approximate surface area is 110 Å². The van der Waals surface area contributed by atoms with Crippen LogP contribution < -0.4 is 10.1 Å². The van der Waals surface area contributed by atoms with Gasteiger partial charge in [0.15, 0.2) is 5.76 Å². The van der Waals surface area contributed by atoms with Crippen molar-refractivity contribution < 1.29 is 13.9 Å². The van der Waals surface area contributed by atoms with E-state index in [9.17, 15) is 4.79 Å². The molecular weight excluding hydrogens is 254 g/mol. The molecule has 2 rings (SSSR count). The van der Waals surface area contributed by atoms with Crippen LogP contribution in [0.2, 0.25) is 5.02 Å². The first-order chi connectivity index (χ1) is 8.70. The van der Waals surface area contributed by atoms with E-state index >= 15 is 0 Å². The average Bonchev–Trinajstić information content (AvgIpc) is 2.90. The number of methoxy groups -OCH3 is 1. The van der Waals surface area contributed by atoms with E-state index in [2.05, 4.69) is 5.32 Å². The van der Waals surface area contributed by atoms with E-state index in [1.807, 2.05) is 6.07 Å². The van der Waals surface area contributed by atoms with E-state index in [0.29, 0.717) is 17.3 Å². The van der Waals surface area contributed by atoms with Crippen LogP contribution in [0.15, 0.2) is 41.0 Å². The van der Waals surface area contributed by atoms with E-state index in [-0.39, 0.29) is 11.7 Å². The molecule has 0 fully saturated rings. The number of hydrogen-bond donors (Lipinski definition) is 1. The lowest BCUT2D eigenvalue weighted by Gasteiger charge is -2.06. The largest absolute Gasteiger partial charge is 0.495 e. The van der Waals surface area contributed by atoms with Crippen LogP contribution in [0, 0.1) is 0 Å². The second-order valence-electron chi connectivity index (χ2n) is 3.63. The lowest BCUT2D eigenvalue weighted by Crippen LogP contribution is -2.22. The summed E-state index contributed by atoms with van der Waals surface area (Å²) in [6, 6.07) is 8.63. The Morgan fingerprint density at radius 2 is 2.28 bits per heavy atom. The fourth-order valence-electron chi connectivity index (χ4n) is 1.50. The minimum absolute atomic E-state index is 0.257. The summed E-state index contributed by atoms with van der Waals surface area (Å²) in [7, 11) is 1.56. The number of rotatable bonds is 4. The Hall–Kier alpha value is -1.94. The Morgan fingerprint density at radius 3 is 2.89 bits per heavy atom. The van der Waals surface area contributed by atoms with Crippen molar-refractivity contribution >= 4 is 17.5 Å². The maximum absolute atomic E-state index is 11.6. The summed E-state index contributed by atoms with van der Waals surface area (Å²) < 4.78 is 10.0. The fourth-order valence-corrected chi connectivity index (χ4v) is 1.78. The molecule has 94 valence electrons. The van der Waals surface area contributed by atoms with Crippen molar-refractivity contribution in [2.75, 3.05) is 7.11 Å². The van der Waals surface area contributed by atoms with E-state index in [0.717, 1.165) is 5.56 Å². The third-order valence-electron chi connectivity index (χ3n) is 2.41. The minimum Gasteiger partial charge on any atom is -0.495 e. The molecular formula is C13H12ClNO3. The van der Waals surface area contributed by atoms with Gasteiger partial charge in [-0.05, 0) is 29.8 Å². The quantitative estimate of drug-likeness (QED) is 0.925. The van der Waals surface area contributed by atoms with E-state index in [4.69, 9.17) is 20.8 Å². The number of hydrogen-bond acceptors (Lipinski definition) is 3. The highest BCUT2D eigenvalue weighted by Crippen LogP contribution is 2.24. The van der Waals surface area contributed by atoms with Crippen LogP contribution in [-0.2, 0) is 6.54 Å². The van der Waals surface area contributed by atoms with Crippen molar-refractivity contribution in [3.63, 3.8) is 0 Å². The van der Waals surface area contributed by atoms with Crippen LogP contribution in [0.5, 0.6) is 5.75 Å². The van der Waals surface area contributed by atoms with E-state index < -0.39 is 0 Å². The first-order valence-electron chi connectivity index (χ1n) is 5.35. The molecule has 1 aromatic heterocycles. The monoisotopic (exact) mass is 265 g/mol. The number of nitrogens with one attached hydrogen (secondary N) is 1. The summed E-state index contributed by atoms with van der Waals surface area (Å²) in [6.45, 7) is 0.378. The number of halogens is 1. The van der Waals surface area contributed by atoms with Crippen LogP contribution in [0.1, 0.15) is 16.1 Å². The molecule has 4 nitrogen and oxygen atoms in total. The highest BCUT2D eigenvalue weighted by Gasteiger charge is 2.08. The molecule has 0 bridgehead atoms. The van der Waals surface area contributed by atoms with Gasteiger partial charge in [-0.2, -0.15) is 0 Å². The van der Waals surface area contributed by atoms with Crippen LogP contribution in [-0.4, -0.2) is 13.0 Å². The highest BCUT2D eigenvalue weighted by molar-refractivity contribution is 6.32. The standard InChI is InChI=1S/C13H12ClNO3/c1-17-11-5-4-9(7-10(11)14)8-15-13(16)12-3-2-6-18-12/h2-7H,8H2,1H3,(H,15,16). The molecule has 1 aromatic carbocycles. The lowest BCUT2D eigenvalue weighted by atomic mass is 10.2. The topological polar surface area (TPSA) is 51.5 Å². The summed E-state index contributed by atoms with van der Waals surface area (Å²) in [5, 5.41) is 3.25. The Morgan fingerprint density at radius 1 is 1.44 bits per heavy atom. The van der Waals surface area contributed by atoms with Crippen molar-refractivity contribution in [3.8, 4) is 5.75 Å². The molecule has 0 unspecified atom stereocenters. The van der Waals surface area contributed by atoms with Crippen LogP contribution in [0.4, 0.5) is 0 Å². The zero-order valence-electron chi connectivity index (χ0n) is 9.77. The summed E-state index contributed by atoms with van der Waals surface area (Å²) in [6.07, 6.45) is 1.46. The molecule has 0 aliphatic heterocycles. The highest BCUT2D eigenvalue weighted by atomic mass is 35.5. The second-order valence-corrected chi connectivity index (χ2v) is 4.04. The third kappa shape index (κ3) is 2.84. The predicted octanol–water partition coefficient (Wildman–Crippen LogP) is 2.87. The lowest BCUT2D eigenvalue weighted by molar-refractivity contribution is 0.0923. The molecule has 18 heavy (non-hydrogen) atoms. The van der Waals surface area contributed by atoms with Crippen molar-refractivity contribution in [1.82, 2.24) is 5.32 Å². The number of ether oxygens (including phenoxy) is 1. The zero-order valence-corrected chi connectivity index (χ0v) is 10.5. The fraction of sp³-hybridized carbons (Fsp3) is 0.154. The van der Waals surface area contributed by atoms with Gasteiger partial charge in [0, 0.05) is 6.54 Å². The van der Waals surface area contributed by atoms with Gasteiger partial charge in [0.05, 0.1) is 18.4 Å². The average molecular weight is 266 g/mol. The van der Waals surface area contributed by atoms with Gasteiger partial charge >= 0.3 is 0 Å². The number of carbonyl (C=O) groups is 1. The molecule has 1 N–H and O–H groups in total. The molecule has 5 heteroatoms. The van der Waals surface area contributed by atoms with Gasteiger partial charge < -0.3 is 14.5 Å². The van der Waals surface area contributed by atoms with Crippen molar-refractivity contribution in [2.24, 2.45) is 0 Å². The van der Waals surface area contributed by atoms with Crippen molar-refractivity contribution in [3.05, 3.63) is 52.9 Å². The maximum Gasteiger partial charge on any atom is 0.287 e. The van der Waals surface area contributed by atoms with Gasteiger partial charge in [0.2, 0.25) is 0 Å². The maximum atomic E-state index is 11.6. The Balaban J connectivity index is 1.98. The Bertz CT molecular complexity index is 537. The molecule has 0 saturated carbocycles. The van der Waals surface area contributed by atoms with Gasteiger partial charge in [-0.3, -0.25) is 4.79 Å². The number of carbonyl (C=O) groups excluding carboxylic acids is 1. The van der Waals surface area contributed by atoms with Gasteiger partial charge in [-0.15, -0.1) is 0 Å². The SMILES string of the molecule is COc1ccc(CNC(=O)c2ccco2)cc1Cl. The van der Waals surface area contributed by atoms with Crippen molar-refractivity contribution in [2.45, 2.75) is 6.54 Å². The molecule has 1 heterocycles. The number of furan rings is 1.